The van der Waals surface area contributed by atoms with Gasteiger partial charge < -0.3 is 4.74 Å². The molecule has 8 nitrogen and oxygen atoms in total. The van der Waals surface area contributed by atoms with Crippen LogP contribution in [0.5, 0.6) is 5.88 Å². The summed E-state index contributed by atoms with van der Waals surface area (Å²) in [5.74, 6) is 3.93. The Kier molecular flexibility index (Phi) is 4.09. The third-order valence-electron chi connectivity index (χ3n) is 2.09. The fourth-order valence-corrected chi connectivity index (χ4v) is 1.13. The van der Waals surface area contributed by atoms with Crippen molar-refractivity contribution >= 4 is 11.6 Å². The first-order valence-electron chi connectivity index (χ1n) is 4.89. The van der Waals surface area contributed by atoms with Gasteiger partial charge >= 0.3 is 11.9 Å². The highest BCUT2D eigenvalue weighted by Crippen LogP contribution is 2.32. The van der Waals surface area contributed by atoms with Gasteiger partial charge in [0.25, 0.3) is 5.88 Å². The predicted octanol–water partition coefficient (Wildman–Crippen LogP) is 1.31. The molecule has 0 aliphatic rings. The summed E-state index contributed by atoms with van der Waals surface area (Å²) < 4.78 is 41.6. The Morgan fingerprint density at radius 2 is 2.05 bits per heavy atom. The summed E-state index contributed by atoms with van der Waals surface area (Å²) in [4.78, 5) is 16.9. The van der Waals surface area contributed by atoms with E-state index in [0.29, 0.717) is 6.92 Å². The second-order valence-electron chi connectivity index (χ2n) is 3.49. The van der Waals surface area contributed by atoms with Gasteiger partial charge in [-0.25, -0.2) is 10.8 Å². The van der Waals surface area contributed by atoms with Crippen LogP contribution in [-0.2, 0) is 0 Å². The minimum atomic E-state index is -4.68. The number of alkyl halides is 3. The minimum absolute atomic E-state index is 0.169. The average Bonchev–Trinajstić information content (AvgIpc) is 2.26. The largest absolute Gasteiger partial charge is 0.460 e. The van der Waals surface area contributed by atoms with Gasteiger partial charge in [-0.3, -0.25) is 15.5 Å². The van der Waals surface area contributed by atoms with E-state index in [1.807, 2.05) is 5.43 Å². The Labute approximate surface area is 104 Å². The number of nitrogens with zero attached hydrogens (tertiary/aromatic N) is 3. The molecule has 106 valence electrons. The van der Waals surface area contributed by atoms with E-state index >= 15 is 0 Å². The molecule has 0 aliphatic carbocycles. The molecule has 11 heteroatoms. The van der Waals surface area contributed by atoms with Gasteiger partial charge in [0, 0.05) is 0 Å². The number of halogens is 3. The fraction of sp³-hybridized carbons (Fsp3) is 0.500. The number of anilines is 1. The van der Waals surface area contributed by atoms with Crippen molar-refractivity contribution < 1.29 is 22.8 Å². The zero-order chi connectivity index (χ0) is 14.8. The number of nitrogen functional groups attached to an aromatic ring is 1. The Balaban J connectivity index is 3.24. The number of hydrogen-bond acceptors (Lipinski definition) is 7. The molecule has 1 unspecified atom stereocenters. The predicted molar refractivity (Wildman–Crippen MR) is 57.4 cm³/mol. The van der Waals surface area contributed by atoms with E-state index in [4.69, 9.17) is 5.84 Å². The van der Waals surface area contributed by atoms with Gasteiger partial charge in [0.1, 0.15) is 5.69 Å². The van der Waals surface area contributed by atoms with Crippen LogP contribution in [0.25, 0.3) is 0 Å². The molecule has 0 fully saturated rings. The molecule has 0 saturated heterocycles. The molecule has 19 heavy (non-hydrogen) atoms. The zero-order valence-corrected chi connectivity index (χ0v) is 9.85. The van der Waals surface area contributed by atoms with Crippen molar-refractivity contribution in [2.75, 3.05) is 5.43 Å². The molecule has 0 aliphatic heterocycles. The Morgan fingerprint density at radius 3 is 2.47 bits per heavy atom. The first-order valence-corrected chi connectivity index (χ1v) is 4.89. The highest BCUT2D eigenvalue weighted by molar-refractivity contribution is 5.48. The summed E-state index contributed by atoms with van der Waals surface area (Å²) in [6, 6.07) is 0. The van der Waals surface area contributed by atoms with Crippen LogP contribution in [-0.4, -0.2) is 27.2 Å². The van der Waals surface area contributed by atoms with Crippen LogP contribution in [0.2, 0.25) is 0 Å². The van der Waals surface area contributed by atoms with Crippen molar-refractivity contribution in [2.45, 2.75) is 26.1 Å². The third-order valence-corrected chi connectivity index (χ3v) is 2.09. The lowest BCUT2D eigenvalue weighted by molar-refractivity contribution is -0.387. The number of hydrazine groups is 1. The standard InChI is InChI=1S/C8H10F3N5O3/c1-3-5(16(17)18)6(14-7(13-3)15-12)19-4(2)8(9,10)11/h4H,12H2,1-2H3,(H,13,14,15). The molecule has 0 saturated carbocycles. The summed E-state index contributed by atoms with van der Waals surface area (Å²) in [5, 5.41) is 10.8. The van der Waals surface area contributed by atoms with Crippen molar-refractivity contribution in [3.63, 3.8) is 0 Å². The van der Waals surface area contributed by atoms with Crippen molar-refractivity contribution in [3.05, 3.63) is 15.8 Å². The topological polar surface area (TPSA) is 116 Å². The zero-order valence-electron chi connectivity index (χ0n) is 9.85. The first-order chi connectivity index (χ1) is 8.66. The molecule has 1 aromatic heterocycles. The number of nitrogens with one attached hydrogen (secondary N) is 1. The second-order valence-corrected chi connectivity index (χ2v) is 3.49. The van der Waals surface area contributed by atoms with Gasteiger partial charge in [-0.05, 0) is 13.8 Å². The van der Waals surface area contributed by atoms with E-state index in [1.54, 1.807) is 0 Å². The van der Waals surface area contributed by atoms with Crippen molar-refractivity contribution in [3.8, 4) is 5.88 Å². The quantitative estimate of drug-likeness (QED) is 0.485. The van der Waals surface area contributed by atoms with E-state index in [2.05, 4.69) is 14.7 Å². The minimum Gasteiger partial charge on any atom is -0.460 e. The molecular weight excluding hydrogens is 271 g/mol. The van der Waals surface area contributed by atoms with Crippen LogP contribution in [0.15, 0.2) is 0 Å². The molecule has 0 amide bonds. The fourth-order valence-electron chi connectivity index (χ4n) is 1.13. The Morgan fingerprint density at radius 1 is 1.47 bits per heavy atom. The van der Waals surface area contributed by atoms with E-state index in [-0.39, 0.29) is 11.6 Å². The number of hydrogen-bond donors (Lipinski definition) is 2. The summed E-state index contributed by atoms with van der Waals surface area (Å²) in [6.07, 6.45) is -6.94. The van der Waals surface area contributed by atoms with Gasteiger partial charge in [-0.15, -0.1) is 0 Å². The number of ether oxygens (including phenoxy) is 1. The Bertz CT molecular complexity index is 493. The second kappa shape index (κ2) is 5.22. The maximum Gasteiger partial charge on any atom is 0.425 e. The monoisotopic (exact) mass is 281 g/mol. The van der Waals surface area contributed by atoms with Gasteiger partial charge in [-0.1, -0.05) is 0 Å². The molecule has 1 heterocycles. The molecule has 3 N–H and O–H groups in total. The number of aromatic nitrogens is 2. The van der Waals surface area contributed by atoms with Crippen molar-refractivity contribution in [1.82, 2.24) is 9.97 Å². The van der Waals surface area contributed by atoms with Crippen LogP contribution in [0, 0.1) is 17.0 Å². The molecular formula is C8H10F3N5O3. The van der Waals surface area contributed by atoms with Crippen LogP contribution in [0.4, 0.5) is 24.8 Å². The Hall–Kier alpha value is -2.17. The number of rotatable bonds is 4. The van der Waals surface area contributed by atoms with Gasteiger partial charge in [0.2, 0.25) is 5.95 Å². The molecule has 1 aromatic rings. The molecule has 1 atom stereocenters. The number of aryl methyl sites for hydroxylation is 1. The number of nitrogens with two attached hydrogens (primary N) is 1. The maximum atomic E-state index is 12.4. The van der Waals surface area contributed by atoms with E-state index in [1.165, 1.54) is 6.92 Å². The third kappa shape index (κ3) is 3.40. The molecule has 1 rings (SSSR count). The van der Waals surface area contributed by atoms with E-state index in [0.717, 1.165) is 0 Å². The van der Waals surface area contributed by atoms with Crippen LogP contribution < -0.4 is 16.0 Å². The lowest BCUT2D eigenvalue weighted by Gasteiger charge is -2.17. The highest BCUT2D eigenvalue weighted by atomic mass is 19.4. The molecule has 0 aromatic carbocycles. The van der Waals surface area contributed by atoms with Crippen LogP contribution >= 0.6 is 0 Å². The van der Waals surface area contributed by atoms with Crippen LogP contribution in [0.3, 0.4) is 0 Å². The lowest BCUT2D eigenvalue weighted by Crippen LogP contribution is -2.32. The summed E-state index contributed by atoms with van der Waals surface area (Å²) in [5.41, 5.74) is 1.07. The van der Waals surface area contributed by atoms with E-state index in [9.17, 15) is 23.3 Å². The summed E-state index contributed by atoms with van der Waals surface area (Å²) in [7, 11) is 0. The van der Waals surface area contributed by atoms with Crippen molar-refractivity contribution in [2.24, 2.45) is 5.84 Å². The highest BCUT2D eigenvalue weighted by Gasteiger charge is 2.40. The lowest BCUT2D eigenvalue weighted by atomic mass is 10.3. The van der Waals surface area contributed by atoms with Gasteiger partial charge in [0.05, 0.1) is 4.92 Å². The smallest absolute Gasteiger partial charge is 0.425 e. The first kappa shape index (κ1) is 14.9. The van der Waals surface area contributed by atoms with E-state index < -0.39 is 28.8 Å². The van der Waals surface area contributed by atoms with Gasteiger partial charge in [-0.2, -0.15) is 18.2 Å². The maximum absolute atomic E-state index is 12.4. The van der Waals surface area contributed by atoms with Crippen molar-refractivity contribution in [1.29, 1.82) is 0 Å². The number of nitro groups is 1. The van der Waals surface area contributed by atoms with Gasteiger partial charge in [0.15, 0.2) is 6.10 Å². The summed E-state index contributed by atoms with van der Waals surface area (Å²) in [6.45, 7) is 1.93. The van der Waals surface area contributed by atoms with Crippen LogP contribution in [0.1, 0.15) is 12.6 Å². The SMILES string of the molecule is Cc1nc(NN)nc(OC(C)C(F)(F)F)c1[N+](=O)[O-]. The average molecular weight is 281 g/mol. The normalized spacial score (nSPS) is 12.9. The molecule has 0 radical (unpaired) electrons. The molecule has 0 spiro atoms. The summed E-state index contributed by atoms with van der Waals surface area (Å²) >= 11 is 0. The molecule has 0 bridgehead atoms.